The van der Waals surface area contributed by atoms with Crippen LogP contribution < -0.4 is 5.32 Å². The van der Waals surface area contributed by atoms with E-state index in [1.165, 1.54) is 29.5 Å². The van der Waals surface area contributed by atoms with Crippen LogP contribution in [0.1, 0.15) is 59.2 Å². The molecule has 0 bridgehead atoms. The fourth-order valence-corrected chi connectivity index (χ4v) is 4.82. The van der Waals surface area contributed by atoms with Crippen molar-refractivity contribution in [1.29, 1.82) is 0 Å². The highest BCUT2D eigenvalue weighted by molar-refractivity contribution is 5.96. The van der Waals surface area contributed by atoms with Crippen molar-refractivity contribution < 1.29 is 9.18 Å². The van der Waals surface area contributed by atoms with Crippen molar-refractivity contribution in [3.05, 3.63) is 70.5 Å². The standard InChI is InChI=1S/C26H33FN2O/c27-25-8-4-21(5-9-25)19-29-16-12-20(13-17-29)2-1-3-26(30)24-7-6-22-10-14-28-15-11-23(22)18-24/h4-9,18,20,28H,1-3,10-17,19H2. The molecule has 1 fully saturated rings. The van der Waals surface area contributed by atoms with Crippen molar-refractivity contribution in [3.63, 3.8) is 0 Å². The van der Waals surface area contributed by atoms with E-state index in [1.807, 2.05) is 18.2 Å². The van der Waals surface area contributed by atoms with Gasteiger partial charge in [-0.15, -0.1) is 0 Å². The van der Waals surface area contributed by atoms with Gasteiger partial charge in [0.15, 0.2) is 5.78 Å². The second kappa shape index (κ2) is 10.3. The van der Waals surface area contributed by atoms with Gasteiger partial charge in [-0.2, -0.15) is 0 Å². The van der Waals surface area contributed by atoms with Gasteiger partial charge in [-0.25, -0.2) is 4.39 Å². The quantitative estimate of drug-likeness (QED) is 0.669. The molecule has 4 rings (SSSR count). The fraction of sp³-hybridized carbons (Fsp3) is 0.500. The Bertz CT molecular complexity index is 841. The van der Waals surface area contributed by atoms with Crippen LogP contribution in [0.15, 0.2) is 42.5 Å². The molecule has 4 heteroatoms. The van der Waals surface area contributed by atoms with Gasteiger partial charge in [-0.05, 0) is 106 Å². The molecular formula is C26H33FN2O. The molecule has 160 valence electrons. The van der Waals surface area contributed by atoms with Crippen molar-refractivity contribution in [3.8, 4) is 0 Å². The number of Topliss-reactive ketones (excluding diaryl/α,β-unsaturated/α-hetero) is 1. The molecule has 0 atom stereocenters. The Kier molecular flexibility index (Phi) is 7.29. The average Bonchev–Trinajstić information content (AvgIpc) is 3.01. The van der Waals surface area contributed by atoms with Crippen LogP contribution in [0, 0.1) is 11.7 Å². The lowest BCUT2D eigenvalue weighted by molar-refractivity contribution is 0.0974. The number of benzene rings is 2. The molecule has 1 saturated heterocycles. The van der Waals surface area contributed by atoms with Crippen LogP contribution in [0.5, 0.6) is 0 Å². The molecule has 0 spiro atoms. The number of halogens is 1. The molecule has 2 aromatic carbocycles. The number of rotatable bonds is 7. The molecule has 0 aromatic heterocycles. The lowest BCUT2D eigenvalue weighted by atomic mass is 9.90. The van der Waals surface area contributed by atoms with Crippen molar-refractivity contribution >= 4 is 5.78 Å². The number of nitrogens with one attached hydrogen (secondary N) is 1. The molecule has 2 heterocycles. The molecule has 2 aliphatic heterocycles. The van der Waals surface area contributed by atoms with E-state index in [9.17, 15) is 9.18 Å². The Morgan fingerprint density at radius 1 is 1.00 bits per heavy atom. The average molecular weight is 409 g/mol. The molecule has 1 N–H and O–H groups in total. The monoisotopic (exact) mass is 408 g/mol. The van der Waals surface area contributed by atoms with E-state index >= 15 is 0 Å². The maximum absolute atomic E-state index is 13.1. The first-order valence-corrected chi connectivity index (χ1v) is 11.5. The van der Waals surface area contributed by atoms with Crippen LogP contribution in [-0.2, 0) is 19.4 Å². The summed E-state index contributed by atoms with van der Waals surface area (Å²) in [4.78, 5) is 15.1. The Hall–Kier alpha value is -2.04. The Balaban J connectivity index is 1.18. The molecule has 2 aliphatic rings. The molecule has 30 heavy (non-hydrogen) atoms. The van der Waals surface area contributed by atoms with Crippen LogP contribution in [0.2, 0.25) is 0 Å². The third-order valence-corrected chi connectivity index (χ3v) is 6.71. The van der Waals surface area contributed by atoms with Crippen LogP contribution in [0.4, 0.5) is 4.39 Å². The van der Waals surface area contributed by atoms with Gasteiger partial charge in [-0.1, -0.05) is 24.3 Å². The fourth-order valence-electron chi connectivity index (χ4n) is 4.82. The van der Waals surface area contributed by atoms with Gasteiger partial charge in [0, 0.05) is 18.5 Å². The van der Waals surface area contributed by atoms with Gasteiger partial charge in [0.25, 0.3) is 0 Å². The van der Waals surface area contributed by atoms with Gasteiger partial charge in [0.2, 0.25) is 0 Å². The summed E-state index contributed by atoms with van der Waals surface area (Å²) in [7, 11) is 0. The summed E-state index contributed by atoms with van der Waals surface area (Å²) >= 11 is 0. The van der Waals surface area contributed by atoms with Gasteiger partial charge in [0.1, 0.15) is 5.82 Å². The Labute approximate surface area is 179 Å². The molecule has 0 saturated carbocycles. The number of ketones is 1. The minimum absolute atomic E-state index is 0.171. The second-order valence-electron chi connectivity index (χ2n) is 8.89. The Morgan fingerprint density at radius 3 is 2.50 bits per heavy atom. The lowest BCUT2D eigenvalue weighted by Gasteiger charge is -2.32. The van der Waals surface area contributed by atoms with Crippen molar-refractivity contribution in [2.75, 3.05) is 26.2 Å². The topological polar surface area (TPSA) is 32.3 Å². The minimum Gasteiger partial charge on any atom is -0.316 e. The zero-order valence-corrected chi connectivity index (χ0v) is 17.8. The maximum Gasteiger partial charge on any atom is 0.162 e. The summed E-state index contributed by atoms with van der Waals surface area (Å²) in [5.41, 5.74) is 4.81. The molecule has 0 amide bonds. The number of likely N-dealkylation sites (tertiary alicyclic amines) is 1. The van der Waals surface area contributed by atoms with E-state index in [4.69, 9.17) is 0 Å². The second-order valence-corrected chi connectivity index (χ2v) is 8.89. The number of hydrogen-bond donors (Lipinski definition) is 1. The Morgan fingerprint density at radius 2 is 1.73 bits per heavy atom. The number of piperidine rings is 1. The number of carbonyl (C=O) groups excluding carboxylic acids is 1. The normalized spacial score (nSPS) is 18.0. The lowest BCUT2D eigenvalue weighted by Crippen LogP contribution is -2.33. The molecular weight excluding hydrogens is 375 g/mol. The highest BCUT2D eigenvalue weighted by Gasteiger charge is 2.20. The van der Waals surface area contributed by atoms with Crippen LogP contribution in [0.25, 0.3) is 0 Å². The largest absolute Gasteiger partial charge is 0.316 e. The first-order chi connectivity index (χ1) is 14.7. The molecule has 0 radical (unpaired) electrons. The van der Waals surface area contributed by atoms with E-state index in [-0.39, 0.29) is 5.82 Å². The molecule has 0 aliphatic carbocycles. The number of nitrogens with zero attached hydrogens (tertiary/aromatic N) is 1. The first kappa shape index (κ1) is 21.2. The summed E-state index contributed by atoms with van der Waals surface area (Å²) in [6, 6.07) is 13.2. The summed E-state index contributed by atoms with van der Waals surface area (Å²) in [6.07, 6.45) is 7.26. The predicted molar refractivity (Wildman–Crippen MR) is 119 cm³/mol. The van der Waals surface area contributed by atoms with Gasteiger partial charge in [0.05, 0.1) is 0 Å². The summed E-state index contributed by atoms with van der Waals surface area (Å²) in [5, 5.41) is 3.43. The molecule has 0 unspecified atom stereocenters. The van der Waals surface area contributed by atoms with Crippen molar-refractivity contribution in [2.45, 2.75) is 51.5 Å². The highest BCUT2D eigenvalue weighted by Crippen LogP contribution is 2.25. The zero-order chi connectivity index (χ0) is 20.8. The van der Waals surface area contributed by atoms with Crippen LogP contribution in [-0.4, -0.2) is 36.9 Å². The molecule has 2 aromatic rings. The highest BCUT2D eigenvalue weighted by atomic mass is 19.1. The molecule has 3 nitrogen and oxygen atoms in total. The first-order valence-electron chi connectivity index (χ1n) is 11.5. The zero-order valence-electron chi connectivity index (χ0n) is 17.8. The van der Waals surface area contributed by atoms with Crippen molar-refractivity contribution in [2.24, 2.45) is 5.92 Å². The third-order valence-electron chi connectivity index (χ3n) is 6.71. The SMILES string of the molecule is O=C(CCCC1CCN(Cc2ccc(F)cc2)CC1)c1ccc2c(c1)CCNCC2. The van der Waals surface area contributed by atoms with Crippen LogP contribution >= 0.6 is 0 Å². The van der Waals surface area contributed by atoms with E-state index in [1.54, 1.807) is 12.1 Å². The third kappa shape index (κ3) is 5.77. The summed E-state index contributed by atoms with van der Waals surface area (Å²) in [5.74, 6) is 0.846. The van der Waals surface area contributed by atoms with E-state index in [0.29, 0.717) is 12.2 Å². The minimum atomic E-state index is -0.171. The smallest absolute Gasteiger partial charge is 0.162 e. The van der Waals surface area contributed by atoms with Crippen LogP contribution in [0.3, 0.4) is 0 Å². The van der Waals surface area contributed by atoms with Gasteiger partial charge in [-0.3, -0.25) is 9.69 Å². The maximum atomic E-state index is 13.1. The number of carbonyl (C=O) groups is 1. The number of hydrogen-bond acceptors (Lipinski definition) is 3. The summed E-state index contributed by atoms with van der Waals surface area (Å²) < 4.78 is 13.1. The van der Waals surface area contributed by atoms with Gasteiger partial charge >= 0.3 is 0 Å². The number of fused-ring (bicyclic) bond motifs is 1. The predicted octanol–water partition coefficient (Wildman–Crippen LogP) is 4.78. The van der Waals surface area contributed by atoms with Gasteiger partial charge < -0.3 is 5.32 Å². The summed E-state index contributed by atoms with van der Waals surface area (Å²) in [6.45, 7) is 5.12. The van der Waals surface area contributed by atoms with E-state index < -0.39 is 0 Å². The van der Waals surface area contributed by atoms with Crippen molar-refractivity contribution in [1.82, 2.24) is 10.2 Å². The van der Waals surface area contributed by atoms with E-state index in [0.717, 1.165) is 69.9 Å². The van der Waals surface area contributed by atoms with E-state index in [2.05, 4.69) is 22.3 Å².